The number of nitrogens with one attached hydrogen (secondary N) is 1. The topological polar surface area (TPSA) is 125 Å². The van der Waals surface area contributed by atoms with Crippen molar-refractivity contribution in [1.29, 1.82) is 21.2 Å². The Bertz CT molecular complexity index is 1030. The Morgan fingerprint density at radius 2 is 2.03 bits per heavy atom. The fourth-order valence-electron chi connectivity index (χ4n) is 4.30. The number of carbonyl (C=O) groups excluding carboxylic acids is 1. The van der Waals surface area contributed by atoms with E-state index in [9.17, 15) is 25.0 Å². The lowest BCUT2D eigenvalue weighted by molar-refractivity contribution is -0.129. The lowest BCUT2D eigenvalue weighted by atomic mass is 9.54. The number of nitrogens with zero attached hydrogens (tertiary/aromatic N) is 4. The van der Waals surface area contributed by atoms with Gasteiger partial charge in [-0.2, -0.15) is 15.8 Å². The largest absolute Gasteiger partial charge is 0.497 e. The Hall–Kier alpha value is -3.70. The highest BCUT2D eigenvalue weighted by atomic mass is 19.1. The first-order valence-corrected chi connectivity index (χ1v) is 8.94. The molecule has 29 heavy (non-hydrogen) atoms. The minimum absolute atomic E-state index is 0.0508. The summed E-state index contributed by atoms with van der Waals surface area (Å²) in [5, 5.41) is 38.1. The van der Waals surface area contributed by atoms with Crippen molar-refractivity contribution in [3.63, 3.8) is 0 Å². The number of carbonyl (C=O) groups is 1. The summed E-state index contributed by atoms with van der Waals surface area (Å²) in [4.78, 5) is 13.5. The molecule has 0 spiro atoms. The highest BCUT2D eigenvalue weighted by Gasteiger charge is 2.58. The number of hydrogen-bond donors (Lipinski definition) is 1. The Balaban J connectivity index is 2.31. The van der Waals surface area contributed by atoms with Crippen molar-refractivity contribution < 1.29 is 13.9 Å². The summed E-state index contributed by atoms with van der Waals surface area (Å²) < 4.78 is 20.1. The molecule has 0 saturated heterocycles. The van der Waals surface area contributed by atoms with Gasteiger partial charge in [-0.3, -0.25) is 4.79 Å². The number of benzene rings is 1. The van der Waals surface area contributed by atoms with E-state index in [4.69, 9.17) is 10.1 Å². The monoisotopic (exact) mass is 391 g/mol. The van der Waals surface area contributed by atoms with Gasteiger partial charge in [0.05, 0.1) is 31.0 Å². The number of methoxy groups -OCH3 is 1. The quantitative estimate of drug-likeness (QED) is 0.776. The molecule has 2 aliphatic rings. The smallest absolute Gasteiger partial charge is 0.219 e. The first-order valence-electron chi connectivity index (χ1n) is 8.94. The van der Waals surface area contributed by atoms with E-state index >= 15 is 0 Å². The van der Waals surface area contributed by atoms with Crippen LogP contribution in [0, 0.1) is 62.5 Å². The van der Waals surface area contributed by atoms with E-state index in [1.54, 1.807) is 6.08 Å². The molecule has 7 nitrogen and oxygen atoms in total. The number of hydrogen-bond acceptors (Lipinski definition) is 6. The van der Waals surface area contributed by atoms with Gasteiger partial charge >= 0.3 is 0 Å². The van der Waals surface area contributed by atoms with E-state index in [0.717, 1.165) is 0 Å². The van der Waals surface area contributed by atoms with Crippen molar-refractivity contribution in [2.75, 3.05) is 20.2 Å². The molecule has 1 heterocycles. The van der Waals surface area contributed by atoms with Crippen LogP contribution in [0.4, 0.5) is 4.39 Å². The molecule has 1 N–H and O–H groups in total. The van der Waals surface area contributed by atoms with Crippen molar-refractivity contribution in [1.82, 2.24) is 4.90 Å². The van der Waals surface area contributed by atoms with Gasteiger partial charge in [0, 0.05) is 31.8 Å². The molecular formula is C21H18FN5O2. The summed E-state index contributed by atoms with van der Waals surface area (Å²) >= 11 is 0. The standard InChI is InChI=1S/C21H18FN5O2/c1-12(28)27-6-5-14-16(8-23)20(26)21(10-24,11-25)19(17(14)9-27)15-7-13(29-2)3-4-18(15)22/h3-5,7,16-17,19,26H,6,9H2,1-2H3/t16?,17-,19+/m0/s1. The van der Waals surface area contributed by atoms with Crippen LogP contribution in [0.5, 0.6) is 5.75 Å². The van der Waals surface area contributed by atoms with Crippen LogP contribution >= 0.6 is 0 Å². The number of nitriles is 3. The van der Waals surface area contributed by atoms with Gasteiger partial charge in [0.2, 0.25) is 5.91 Å². The summed E-state index contributed by atoms with van der Waals surface area (Å²) in [6, 6.07) is 9.82. The van der Waals surface area contributed by atoms with E-state index in [2.05, 4.69) is 0 Å². The summed E-state index contributed by atoms with van der Waals surface area (Å²) in [5.41, 5.74) is -1.82. The summed E-state index contributed by atoms with van der Waals surface area (Å²) in [6.07, 6.45) is 1.68. The third-order valence-corrected chi connectivity index (χ3v) is 5.77. The van der Waals surface area contributed by atoms with E-state index in [1.807, 2.05) is 18.2 Å². The molecule has 0 aromatic heterocycles. The minimum Gasteiger partial charge on any atom is -0.497 e. The highest BCUT2D eigenvalue weighted by molar-refractivity contribution is 6.01. The number of halogens is 1. The number of rotatable bonds is 2. The molecule has 1 unspecified atom stereocenters. The molecule has 146 valence electrons. The molecule has 1 fully saturated rings. The van der Waals surface area contributed by atoms with Gasteiger partial charge in [0.1, 0.15) is 17.5 Å². The zero-order valence-electron chi connectivity index (χ0n) is 15.9. The van der Waals surface area contributed by atoms with Gasteiger partial charge in [-0.15, -0.1) is 0 Å². The maximum Gasteiger partial charge on any atom is 0.219 e. The maximum atomic E-state index is 14.9. The lowest BCUT2D eigenvalue weighted by Gasteiger charge is -2.47. The molecule has 0 bridgehead atoms. The molecule has 1 aliphatic carbocycles. The molecule has 1 saturated carbocycles. The van der Waals surface area contributed by atoms with Gasteiger partial charge in [0.25, 0.3) is 0 Å². The average molecular weight is 391 g/mol. The Morgan fingerprint density at radius 3 is 2.59 bits per heavy atom. The van der Waals surface area contributed by atoms with Crippen molar-refractivity contribution in [3.05, 3.63) is 41.2 Å². The normalized spacial score (nSPS) is 25.0. The third kappa shape index (κ3) is 2.92. The lowest BCUT2D eigenvalue weighted by Crippen LogP contribution is -2.53. The van der Waals surface area contributed by atoms with Crippen molar-refractivity contribution >= 4 is 11.6 Å². The SMILES string of the molecule is COc1ccc(F)c([C@@H]2[C@H]3CN(C(C)=O)CC=C3C(C#N)C(=N)C2(C#N)C#N)c1. The highest BCUT2D eigenvalue weighted by Crippen LogP contribution is 2.54. The Morgan fingerprint density at radius 1 is 1.34 bits per heavy atom. The fourth-order valence-corrected chi connectivity index (χ4v) is 4.30. The molecule has 3 atom stereocenters. The Labute approximate surface area is 167 Å². The fraction of sp³-hybridized carbons (Fsp3) is 0.381. The van der Waals surface area contributed by atoms with Crippen LogP contribution in [-0.4, -0.2) is 36.7 Å². The van der Waals surface area contributed by atoms with Crippen LogP contribution in [0.3, 0.4) is 0 Å². The van der Waals surface area contributed by atoms with Crippen LogP contribution in [0.25, 0.3) is 0 Å². The van der Waals surface area contributed by atoms with E-state index in [1.165, 1.54) is 37.1 Å². The molecule has 1 aromatic carbocycles. The first-order chi connectivity index (χ1) is 13.8. The van der Waals surface area contributed by atoms with Crippen LogP contribution < -0.4 is 4.74 Å². The van der Waals surface area contributed by atoms with E-state index < -0.39 is 29.0 Å². The number of fused-ring (bicyclic) bond motifs is 1. The maximum absolute atomic E-state index is 14.9. The second-order valence-corrected chi connectivity index (χ2v) is 7.11. The second kappa shape index (κ2) is 7.37. The second-order valence-electron chi connectivity index (χ2n) is 7.11. The van der Waals surface area contributed by atoms with Crippen molar-refractivity contribution in [2.45, 2.75) is 12.8 Å². The molecular weight excluding hydrogens is 373 g/mol. The van der Waals surface area contributed by atoms with Crippen molar-refractivity contribution in [3.8, 4) is 24.0 Å². The average Bonchev–Trinajstić information content (AvgIpc) is 2.73. The predicted molar refractivity (Wildman–Crippen MR) is 100 cm³/mol. The van der Waals surface area contributed by atoms with Crippen LogP contribution in [-0.2, 0) is 4.79 Å². The van der Waals surface area contributed by atoms with E-state index in [0.29, 0.717) is 11.3 Å². The minimum atomic E-state index is -2.05. The van der Waals surface area contributed by atoms with Crippen LogP contribution in [0.1, 0.15) is 18.4 Å². The van der Waals surface area contributed by atoms with Gasteiger partial charge in [0.15, 0.2) is 5.41 Å². The number of amides is 1. The number of ether oxygens (including phenoxy) is 1. The zero-order chi connectivity index (χ0) is 21.3. The van der Waals surface area contributed by atoms with Crippen molar-refractivity contribution in [2.24, 2.45) is 17.3 Å². The van der Waals surface area contributed by atoms with Gasteiger partial charge in [-0.25, -0.2) is 4.39 Å². The van der Waals surface area contributed by atoms with Crippen LogP contribution in [0.15, 0.2) is 29.8 Å². The zero-order valence-corrected chi connectivity index (χ0v) is 15.9. The molecule has 3 rings (SSSR count). The predicted octanol–water partition coefficient (Wildman–Crippen LogP) is 2.53. The third-order valence-electron chi connectivity index (χ3n) is 5.77. The Kier molecular flexibility index (Phi) is 5.10. The van der Waals surface area contributed by atoms with Crippen LogP contribution in [0.2, 0.25) is 0 Å². The van der Waals surface area contributed by atoms with Gasteiger partial charge < -0.3 is 15.0 Å². The molecule has 1 aliphatic heterocycles. The first kappa shape index (κ1) is 20.0. The summed E-state index contributed by atoms with van der Waals surface area (Å²) in [6.45, 7) is 1.78. The molecule has 1 amide bonds. The molecule has 1 aromatic rings. The van der Waals surface area contributed by atoms with E-state index in [-0.39, 0.29) is 30.3 Å². The molecule has 8 heteroatoms. The summed E-state index contributed by atoms with van der Waals surface area (Å²) in [5.74, 6) is -3.32. The molecule has 0 radical (unpaired) electrons. The summed E-state index contributed by atoms with van der Waals surface area (Å²) in [7, 11) is 1.41. The van der Waals surface area contributed by atoms with Gasteiger partial charge in [-0.1, -0.05) is 6.08 Å². The van der Waals surface area contributed by atoms with Gasteiger partial charge in [-0.05, 0) is 29.3 Å².